The van der Waals surface area contributed by atoms with Crippen LogP contribution in [0.4, 0.5) is 10.1 Å². The highest BCUT2D eigenvalue weighted by Gasteiger charge is 2.33. The molecule has 0 aliphatic heterocycles. The second kappa shape index (κ2) is 11.6. The van der Waals surface area contributed by atoms with Crippen LogP contribution in [0.5, 0.6) is 0 Å². The molecule has 0 aliphatic rings. The summed E-state index contributed by atoms with van der Waals surface area (Å²) in [7, 11) is -3.95. The molecule has 35 heavy (non-hydrogen) atoms. The van der Waals surface area contributed by atoms with Crippen LogP contribution in [-0.2, 0) is 26.2 Å². The lowest BCUT2D eigenvalue weighted by atomic mass is 10.1. The van der Waals surface area contributed by atoms with Crippen LogP contribution >= 0.6 is 23.2 Å². The van der Waals surface area contributed by atoms with Gasteiger partial charge in [-0.2, -0.15) is 0 Å². The zero-order valence-corrected chi connectivity index (χ0v) is 22.6. The molecule has 2 rings (SSSR count). The predicted octanol–water partition coefficient (Wildman–Crippen LogP) is 4.62. The second-order valence-corrected chi connectivity index (χ2v) is 11.9. The van der Waals surface area contributed by atoms with Crippen LogP contribution in [0.15, 0.2) is 42.5 Å². The standard InChI is InChI=1S/C24H30Cl2FN3O4S/c1-6-21(23(32)28-24(2,3)4)29(14-16-7-9-17(25)10-8-16)22(31)15-30(35(5,33)34)18-11-12-20(27)19(26)13-18/h7-13,21H,6,14-15H2,1-5H3,(H,28,32). The smallest absolute Gasteiger partial charge is 0.244 e. The number of amides is 2. The summed E-state index contributed by atoms with van der Waals surface area (Å²) < 4.78 is 39.6. The fourth-order valence-electron chi connectivity index (χ4n) is 3.41. The van der Waals surface area contributed by atoms with Gasteiger partial charge < -0.3 is 10.2 Å². The van der Waals surface area contributed by atoms with Gasteiger partial charge >= 0.3 is 0 Å². The molecule has 1 N–H and O–H groups in total. The summed E-state index contributed by atoms with van der Waals surface area (Å²) in [4.78, 5) is 28.0. The van der Waals surface area contributed by atoms with Crippen molar-refractivity contribution in [3.8, 4) is 0 Å². The van der Waals surface area contributed by atoms with E-state index in [2.05, 4.69) is 5.32 Å². The van der Waals surface area contributed by atoms with E-state index in [0.717, 1.165) is 22.7 Å². The highest BCUT2D eigenvalue weighted by Crippen LogP contribution is 2.25. The molecular weight excluding hydrogens is 516 g/mol. The van der Waals surface area contributed by atoms with Gasteiger partial charge in [-0.3, -0.25) is 13.9 Å². The Kier molecular flexibility index (Phi) is 9.56. The van der Waals surface area contributed by atoms with E-state index in [1.807, 2.05) is 20.8 Å². The Morgan fingerprint density at radius 3 is 2.17 bits per heavy atom. The first-order valence-corrected chi connectivity index (χ1v) is 13.5. The molecule has 2 aromatic carbocycles. The van der Waals surface area contributed by atoms with Crippen molar-refractivity contribution in [3.05, 3.63) is 63.9 Å². The molecule has 11 heteroatoms. The van der Waals surface area contributed by atoms with Gasteiger partial charge in [-0.25, -0.2) is 12.8 Å². The van der Waals surface area contributed by atoms with Crippen molar-refractivity contribution >= 4 is 50.7 Å². The van der Waals surface area contributed by atoms with Crippen LogP contribution in [0.3, 0.4) is 0 Å². The largest absolute Gasteiger partial charge is 0.350 e. The first-order valence-electron chi connectivity index (χ1n) is 10.9. The molecule has 1 unspecified atom stereocenters. The predicted molar refractivity (Wildman–Crippen MR) is 138 cm³/mol. The van der Waals surface area contributed by atoms with E-state index in [1.54, 1.807) is 31.2 Å². The van der Waals surface area contributed by atoms with Gasteiger partial charge in [-0.05, 0) is 63.1 Å². The molecule has 2 amide bonds. The van der Waals surface area contributed by atoms with Crippen molar-refractivity contribution < 1.29 is 22.4 Å². The van der Waals surface area contributed by atoms with Crippen molar-refractivity contribution in [2.75, 3.05) is 17.1 Å². The molecule has 0 saturated heterocycles. The molecule has 0 radical (unpaired) electrons. The van der Waals surface area contributed by atoms with Gasteiger partial charge in [0.15, 0.2) is 0 Å². The van der Waals surface area contributed by atoms with Gasteiger partial charge in [0.1, 0.15) is 18.4 Å². The van der Waals surface area contributed by atoms with Gasteiger partial charge in [0.2, 0.25) is 21.8 Å². The fourth-order valence-corrected chi connectivity index (χ4v) is 4.56. The third-order valence-corrected chi connectivity index (χ3v) is 6.70. The van der Waals surface area contributed by atoms with E-state index in [4.69, 9.17) is 23.2 Å². The number of anilines is 1. The van der Waals surface area contributed by atoms with Gasteiger partial charge in [0.25, 0.3) is 0 Å². The SMILES string of the molecule is CCC(C(=O)NC(C)(C)C)N(Cc1ccc(Cl)cc1)C(=O)CN(c1ccc(F)c(Cl)c1)S(C)(=O)=O. The molecule has 0 bridgehead atoms. The molecule has 0 aliphatic carbocycles. The lowest BCUT2D eigenvalue weighted by molar-refractivity contribution is -0.141. The minimum atomic E-state index is -3.95. The molecule has 0 fully saturated rings. The van der Waals surface area contributed by atoms with Crippen LogP contribution in [-0.4, -0.2) is 49.5 Å². The van der Waals surface area contributed by atoms with E-state index < -0.39 is 39.9 Å². The quantitative estimate of drug-likeness (QED) is 0.498. The number of halogens is 3. The lowest BCUT2D eigenvalue weighted by Crippen LogP contribution is -2.55. The van der Waals surface area contributed by atoms with Crippen LogP contribution in [0.25, 0.3) is 0 Å². The molecule has 0 spiro atoms. The Morgan fingerprint density at radius 2 is 1.69 bits per heavy atom. The first-order chi connectivity index (χ1) is 16.1. The highest BCUT2D eigenvalue weighted by atomic mass is 35.5. The van der Waals surface area contributed by atoms with Gasteiger partial charge in [0, 0.05) is 17.1 Å². The van der Waals surface area contributed by atoms with E-state index in [0.29, 0.717) is 17.0 Å². The zero-order valence-electron chi connectivity index (χ0n) is 20.3. The molecule has 0 aromatic heterocycles. The number of nitrogens with zero attached hydrogens (tertiary/aromatic N) is 2. The summed E-state index contributed by atoms with van der Waals surface area (Å²) in [5, 5.41) is 3.12. The summed E-state index contributed by atoms with van der Waals surface area (Å²) in [5.74, 6) is -1.69. The number of nitrogens with one attached hydrogen (secondary N) is 1. The van der Waals surface area contributed by atoms with Crippen molar-refractivity contribution in [1.29, 1.82) is 0 Å². The average molecular weight is 546 g/mol. The lowest BCUT2D eigenvalue weighted by Gasteiger charge is -2.34. The van der Waals surface area contributed by atoms with E-state index in [9.17, 15) is 22.4 Å². The normalized spacial score (nSPS) is 12.7. The maximum atomic E-state index is 13.7. The topological polar surface area (TPSA) is 86.8 Å². The number of carbonyl (C=O) groups is 2. The number of hydrogen-bond donors (Lipinski definition) is 1. The number of sulfonamides is 1. The Labute approximate surface area is 216 Å². The zero-order chi connectivity index (χ0) is 26.6. The molecule has 0 saturated carbocycles. The van der Waals surface area contributed by atoms with E-state index in [1.165, 1.54) is 11.0 Å². The van der Waals surface area contributed by atoms with Gasteiger partial charge in [-0.1, -0.05) is 42.3 Å². The molecule has 2 aromatic rings. The number of benzene rings is 2. The van der Waals surface area contributed by atoms with Crippen LogP contribution < -0.4 is 9.62 Å². The molecular formula is C24H30Cl2FN3O4S. The van der Waals surface area contributed by atoms with Crippen molar-refractivity contribution in [3.63, 3.8) is 0 Å². The third kappa shape index (κ3) is 8.37. The van der Waals surface area contributed by atoms with Gasteiger partial charge in [0.05, 0.1) is 17.0 Å². The summed E-state index contributed by atoms with van der Waals surface area (Å²) >= 11 is 11.8. The van der Waals surface area contributed by atoms with Crippen molar-refractivity contribution in [2.24, 2.45) is 0 Å². The molecule has 1 atom stereocenters. The summed E-state index contributed by atoms with van der Waals surface area (Å²) in [6, 6.07) is 9.31. The average Bonchev–Trinajstić information content (AvgIpc) is 2.73. The second-order valence-electron chi connectivity index (χ2n) is 9.18. The van der Waals surface area contributed by atoms with Crippen molar-refractivity contribution in [1.82, 2.24) is 10.2 Å². The Hall–Kier alpha value is -2.36. The van der Waals surface area contributed by atoms with Gasteiger partial charge in [-0.15, -0.1) is 0 Å². The highest BCUT2D eigenvalue weighted by molar-refractivity contribution is 7.92. The fraction of sp³-hybridized carbons (Fsp3) is 0.417. The first kappa shape index (κ1) is 28.9. The number of rotatable bonds is 9. The van der Waals surface area contributed by atoms with Crippen LogP contribution in [0, 0.1) is 5.82 Å². The maximum absolute atomic E-state index is 13.7. The van der Waals surface area contributed by atoms with E-state index in [-0.39, 0.29) is 23.2 Å². The van der Waals surface area contributed by atoms with Crippen LogP contribution in [0.1, 0.15) is 39.7 Å². The Balaban J connectivity index is 2.47. The molecule has 7 nitrogen and oxygen atoms in total. The molecule has 192 valence electrons. The molecule has 0 heterocycles. The summed E-state index contributed by atoms with van der Waals surface area (Å²) in [6.45, 7) is 6.69. The Bertz CT molecular complexity index is 1170. The maximum Gasteiger partial charge on any atom is 0.244 e. The van der Waals surface area contributed by atoms with E-state index >= 15 is 0 Å². The number of hydrogen-bond acceptors (Lipinski definition) is 4. The summed E-state index contributed by atoms with van der Waals surface area (Å²) in [6.07, 6.45) is 1.23. The Morgan fingerprint density at radius 1 is 1.09 bits per heavy atom. The minimum absolute atomic E-state index is 0.0332. The summed E-state index contributed by atoms with van der Waals surface area (Å²) in [5.41, 5.74) is 0.203. The third-order valence-electron chi connectivity index (χ3n) is 5.02. The van der Waals surface area contributed by atoms with Crippen LogP contribution in [0.2, 0.25) is 10.0 Å². The number of carbonyl (C=O) groups excluding carboxylic acids is 2. The minimum Gasteiger partial charge on any atom is -0.350 e. The monoisotopic (exact) mass is 545 g/mol. The van der Waals surface area contributed by atoms with Crippen molar-refractivity contribution in [2.45, 2.75) is 52.2 Å².